The monoisotopic (exact) mass is 406 g/mol. The van der Waals surface area contributed by atoms with E-state index in [1.165, 1.54) is 18.3 Å². The summed E-state index contributed by atoms with van der Waals surface area (Å²) in [5.74, 6) is -1.81. The van der Waals surface area contributed by atoms with Crippen LogP contribution in [-0.4, -0.2) is 33.1 Å². The van der Waals surface area contributed by atoms with E-state index in [9.17, 15) is 19.5 Å². The van der Waals surface area contributed by atoms with Gasteiger partial charge < -0.3 is 5.11 Å². The number of carboxylic acids is 1. The number of amides is 2. The number of benzene rings is 1. The van der Waals surface area contributed by atoms with Crippen LogP contribution in [0.5, 0.6) is 0 Å². The van der Waals surface area contributed by atoms with E-state index in [1.807, 2.05) is 0 Å². The van der Waals surface area contributed by atoms with E-state index in [4.69, 9.17) is 0 Å². The number of hydrogen-bond acceptors (Lipinski definition) is 5. The quantitative estimate of drug-likeness (QED) is 0.785. The summed E-state index contributed by atoms with van der Waals surface area (Å²) in [7, 11) is 0. The fourth-order valence-corrected chi connectivity index (χ4v) is 3.86. The predicted octanol–water partition coefficient (Wildman–Crippen LogP) is 2.97. The van der Waals surface area contributed by atoms with E-state index in [2.05, 4.69) is 20.9 Å². The summed E-state index contributed by atoms with van der Waals surface area (Å²) in [6.45, 7) is 0. The van der Waals surface area contributed by atoms with Crippen molar-refractivity contribution in [2.45, 2.75) is 16.7 Å². The summed E-state index contributed by atoms with van der Waals surface area (Å²) in [6.07, 6.45) is 1.47. The summed E-state index contributed by atoms with van der Waals surface area (Å²) >= 11 is 4.32. The Kier molecular flexibility index (Phi) is 4.68. The van der Waals surface area contributed by atoms with Crippen LogP contribution in [0.3, 0.4) is 0 Å². The second-order valence-corrected chi connectivity index (χ2v) is 7.13. The molecule has 1 aromatic heterocycles. The Morgan fingerprint density at radius 2 is 2.08 bits per heavy atom. The first-order chi connectivity index (χ1) is 11.5. The molecule has 0 spiro atoms. The molecule has 2 heterocycles. The highest BCUT2D eigenvalue weighted by Gasteiger charge is 2.40. The molecule has 2 amide bonds. The molecular weight excluding hydrogens is 396 g/mol. The second-order valence-electron chi connectivity index (χ2n) is 5.02. The van der Waals surface area contributed by atoms with Crippen molar-refractivity contribution < 1.29 is 19.5 Å². The molecule has 0 aliphatic carbocycles. The first kappa shape index (κ1) is 16.7. The number of imide groups is 1. The molecule has 1 saturated heterocycles. The smallest absolute Gasteiger partial charge is 0.338 e. The van der Waals surface area contributed by atoms with E-state index in [0.29, 0.717) is 5.69 Å². The third-order valence-electron chi connectivity index (χ3n) is 3.43. The molecule has 0 bridgehead atoms. The van der Waals surface area contributed by atoms with Gasteiger partial charge in [0.05, 0.1) is 16.5 Å². The van der Waals surface area contributed by atoms with Crippen molar-refractivity contribution in [3.63, 3.8) is 0 Å². The van der Waals surface area contributed by atoms with Gasteiger partial charge in [0, 0.05) is 17.1 Å². The number of aromatic carboxylic acids is 1. The molecule has 122 valence electrons. The highest BCUT2D eigenvalue weighted by Crippen LogP contribution is 2.35. The predicted molar refractivity (Wildman–Crippen MR) is 92.1 cm³/mol. The molecule has 1 unspecified atom stereocenters. The molecule has 1 N–H and O–H groups in total. The number of hydrogen-bond donors (Lipinski definition) is 1. The van der Waals surface area contributed by atoms with Crippen molar-refractivity contribution in [1.82, 2.24) is 4.98 Å². The zero-order chi connectivity index (χ0) is 17.3. The molecule has 2 aromatic rings. The second kappa shape index (κ2) is 6.74. The number of halogens is 1. The van der Waals surface area contributed by atoms with Crippen molar-refractivity contribution in [1.29, 1.82) is 0 Å². The van der Waals surface area contributed by atoms with Gasteiger partial charge in [-0.3, -0.25) is 9.59 Å². The maximum atomic E-state index is 12.6. The fourth-order valence-electron chi connectivity index (χ4n) is 2.36. The van der Waals surface area contributed by atoms with Gasteiger partial charge in [-0.15, -0.1) is 0 Å². The van der Waals surface area contributed by atoms with Gasteiger partial charge in [-0.25, -0.2) is 14.7 Å². The van der Waals surface area contributed by atoms with Crippen LogP contribution in [-0.2, 0) is 9.59 Å². The standard InChI is InChI=1S/C16H11BrN2O4S/c17-9-3-1-4-10(7-9)19-13(20)8-12(15(19)21)24-14-11(16(22)23)5-2-6-18-14/h1-7,12H,8H2,(H,22,23). The summed E-state index contributed by atoms with van der Waals surface area (Å²) in [6, 6.07) is 9.84. The lowest BCUT2D eigenvalue weighted by Crippen LogP contribution is -2.31. The average molecular weight is 407 g/mol. The van der Waals surface area contributed by atoms with Gasteiger partial charge in [0.15, 0.2) is 0 Å². The first-order valence-electron chi connectivity index (χ1n) is 6.94. The van der Waals surface area contributed by atoms with E-state index in [1.54, 1.807) is 24.3 Å². The van der Waals surface area contributed by atoms with Gasteiger partial charge in [-0.2, -0.15) is 0 Å². The number of pyridine rings is 1. The SMILES string of the molecule is O=C(O)c1cccnc1SC1CC(=O)N(c2cccc(Br)c2)C1=O. The van der Waals surface area contributed by atoms with Crippen LogP contribution >= 0.6 is 27.7 Å². The number of anilines is 1. The fraction of sp³-hybridized carbons (Fsp3) is 0.125. The summed E-state index contributed by atoms with van der Waals surface area (Å²) in [4.78, 5) is 41.3. The van der Waals surface area contributed by atoms with E-state index < -0.39 is 11.2 Å². The largest absolute Gasteiger partial charge is 0.478 e. The summed E-state index contributed by atoms with van der Waals surface area (Å²) < 4.78 is 0.759. The average Bonchev–Trinajstić information content (AvgIpc) is 2.81. The summed E-state index contributed by atoms with van der Waals surface area (Å²) in [5.41, 5.74) is 0.505. The Hall–Kier alpha value is -2.19. The molecule has 0 radical (unpaired) electrons. The lowest BCUT2D eigenvalue weighted by Gasteiger charge is -2.15. The molecule has 1 aromatic carbocycles. The number of aromatic nitrogens is 1. The molecule has 3 rings (SSSR count). The number of carboxylic acid groups (broad SMARTS) is 1. The normalized spacial score (nSPS) is 17.4. The Morgan fingerprint density at radius 1 is 1.29 bits per heavy atom. The Labute approximate surface area is 150 Å². The molecule has 1 fully saturated rings. The Balaban J connectivity index is 1.86. The van der Waals surface area contributed by atoms with Crippen LogP contribution in [0.4, 0.5) is 5.69 Å². The number of thioether (sulfide) groups is 1. The van der Waals surface area contributed by atoms with E-state index in [-0.39, 0.29) is 28.8 Å². The zero-order valence-electron chi connectivity index (χ0n) is 12.2. The van der Waals surface area contributed by atoms with Crippen molar-refractivity contribution in [3.8, 4) is 0 Å². The Morgan fingerprint density at radius 3 is 2.79 bits per heavy atom. The third-order valence-corrected chi connectivity index (χ3v) is 5.12. The lowest BCUT2D eigenvalue weighted by atomic mass is 10.3. The van der Waals surface area contributed by atoms with Gasteiger partial charge in [0.1, 0.15) is 5.03 Å². The number of carbonyl (C=O) groups excluding carboxylic acids is 2. The van der Waals surface area contributed by atoms with Crippen LogP contribution < -0.4 is 4.90 Å². The van der Waals surface area contributed by atoms with Crippen LogP contribution in [0.25, 0.3) is 0 Å². The molecule has 0 saturated carbocycles. The molecular formula is C16H11BrN2O4S. The lowest BCUT2D eigenvalue weighted by molar-refractivity contribution is -0.121. The molecule has 24 heavy (non-hydrogen) atoms. The van der Waals surface area contributed by atoms with Crippen LogP contribution in [0.1, 0.15) is 16.8 Å². The molecule has 1 atom stereocenters. The molecule has 1 aliphatic rings. The van der Waals surface area contributed by atoms with Gasteiger partial charge >= 0.3 is 5.97 Å². The van der Waals surface area contributed by atoms with Gasteiger partial charge in [-0.05, 0) is 30.3 Å². The molecule has 1 aliphatic heterocycles. The van der Waals surface area contributed by atoms with E-state index in [0.717, 1.165) is 21.1 Å². The number of nitrogens with zero attached hydrogens (tertiary/aromatic N) is 2. The highest BCUT2D eigenvalue weighted by molar-refractivity contribution is 9.10. The minimum absolute atomic E-state index is 0.00560. The van der Waals surface area contributed by atoms with Crippen molar-refractivity contribution >= 4 is 51.2 Å². The molecule has 6 nitrogen and oxygen atoms in total. The van der Waals surface area contributed by atoms with Crippen molar-refractivity contribution in [2.24, 2.45) is 0 Å². The van der Waals surface area contributed by atoms with Crippen LogP contribution in [0.15, 0.2) is 52.1 Å². The van der Waals surface area contributed by atoms with Gasteiger partial charge in [0.25, 0.3) is 0 Å². The van der Waals surface area contributed by atoms with Crippen molar-refractivity contribution in [3.05, 3.63) is 52.6 Å². The van der Waals surface area contributed by atoms with Crippen LogP contribution in [0.2, 0.25) is 0 Å². The van der Waals surface area contributed by atoms with Crippen LogP contribution in [0, 0.1) is 0 Å². The van der Waals surface area contributed by atoms with Gasteiger partial charge in [-0.1, -0.05) is 33.8 Å². The van der Waals surface area contributed by atoms with Crippen molar-refractivity contribution in [2.75, 3.05) is 4.90 Å². The zero-order valence-corrected chi connectivity index (χ0v) is 14.6. The summed E-state index contributed by atoms with van der Waals surface area (Å²) in [5, 5.41) is 8.74. The highest BCUT2D eigenvalue weighted by atomic mass is 79.9. The Bertz CT molecular complexity index is 842. The minimum atomic E-state index is -1.12. The first-order valence-corrected chi connectivity index (χ1v) is 8.62. The topological polar surface area (TPSA) is 87.6 Å². The number of rotatable bonds is 4. The van der Waals surface area contributed by atoms with E-state index >= 15 is 0 Å². The molecule has 8 heteroatoms. The maximum Gasteiger partial charge on any atom is 0.338 e. The maximum absolute atomic E-state index is 12.6. The van der Waals surface area contributed by atoms with Gasteiger partial charge in [0.2, 0.25) is 11.8 Å². The minimum Gasteiger partial charge on any atom is -0.478 e. The number of carbonyl (C=O) groups is 3. The third kappa shape index (κ3) is 3.20.